The lowest BCUT2D eigenvalue weighted by atomic mass is 10.2. The number of carbonyl (C=O) groups excluding carboxylic acids is 1. The van der Waals surface area contributed by atoms with Crippen molar-refractivity contribution >= 4 is 29.0 Å². The van der Waals surface area contributed by atoms with Crippen molar-refractivity contribution in [1.82, 2.24) is 9.78 Å². The van der Waals surface area contributed by atoms with Crippen molar-refractivity contribution in [1.29, 1.82) is 0 Å². The van der Waals surface area contributed by atoms with Crippen LogP contribution in [0.15, 0.2) is 109 Å². The molecule has 0 atom stereocenters. The van der Waals surface area contributed by atoms with Crippen LogP contribution in [0.2, 0.25) is 0 Å². The van der Waals surface area contributed by atoms with Gasteiger partial charge in [-0.3, -0.25) is 4.79 Å². The molecule has 0 fully saturated rings. The van der Waals surface area contributed by atoms with E-state index in [1.165, 1.54) is 6.08 Å². The third-order valence-corrected chi connectivity index (χ3v) is 6.17. The third kappa shape index (κ3) is 5.39. The summed E-state index contributed by atoms with van der Waals surface area (Å²) in [5.74, 6) is 1.04. The van der Waals surface area contributed by atoms with Crippen LogP contribution in [-0.4, -0.2) is 15.7 Å². The second kappa shape index (κ2) is 10.2. The molecular formula is C29H23N3O2S. The van der Waals surface area contributed by atoms with E-state index in [4.69, 9.17) is 9.84 Å². The second-order valence-electron chi connectivity index (χ2n) is 7.93. The summed E-state index contributed by atoms with van der Waals surface area (Å²) in [5.41, 5.74) is 4.34. The summed E-state index contributed by atoms with van der Waals surface area (Å²) in [6.07, 6.45) is 5.25. The van der Waals surface area contributed by atoms with Gasteiger partial charge in [-0.1, -0.05) is 48.5 Å². The summed E-state index contributed by atoms with van der Waals surface area (Å²) in [6, 6.07) is 29.1. The highest BCUT2D eigenvalue weighted by Gasteiger charge is 2.12. The number of benzene rings is 3. The van der Waals surface area contributed by atoms with Gasteiger partial charge in [0.1, 0.15) is 11.4 Å². The van der Waals surface area contributed by atoms with Crippen LogP contribution in [0.3, 0.4) is 0 Å². The van der Waals surface area contributed by atoms with Gasteiger partial charge < -0.3 is 10.1 Å². The van der Waals surface area contributed by atoms with E-state index >= 15 is 0 Å². The molecule has 0 saturated heterocycles. The Morgan fingerprint density at radius 2 is 1.80 bits per heavy atom. The maximum absolute atomic E-state index is 12.8. The number of anilines is 1. The minimum absolute atomic E-state index is 0.255. The molecule has 2 heterocycles. The first-order chi connectivity index (χ1) is 17.2. The van der Waals surface area contributed by atoms with E-state index in [0.29, 0.717) is 11.4 Å². The number of carbonyl (C=O) groups is 1. The highest BCUT2D eigenvalue weighted by Crippen LogP contribution is 2.31. The summed E-state index contributed by atoms with van der Waals surface area (Å²) in [5, 5.41) is 9.73. The molecule has 35 heavy (non-hydrogen) atoms. The number of nitrogens with one attached hydrogen (secondary N) is 1. The average molecular weight is 478 g/mol. The van der Waals surface area contributed by atoms with Crippen molar-refractivity contribution in [3.63, 3.8) is 0 Å². The molecule has 0 radical (unpaired) electrons. The molecule has 1 amide bonds. The second-order valence-corrected chi connectivity index (χ2v) is 8.88. The van der Waals surface area contributed by atoms with E-state index in [1.54, 1.807) is 17.4 Å². The first kappa shape index (κ1) is 22.4. The minimum atomic E-state index is -0.255. The van der Waals surface area contributed by atoms with Gasteiger partial charge >= 0.3 is 0 Å². The third-order valence-electron chi connectivity index (χ3n) is 5.29. The zero-order valence-electron chi connectivity index (χ0n) is 19.1. The zero-order valence-corrected chi connectivity index (χ0v) is 19.9. The average Bonchev–Trinajstić information content (AvgIpc) is 3.55. The summed E-state index contributed by atoms with van der Waals surface area (Å²) >= 11 is 1.61. The lowest BCUT2D eigenvalue weighted by molar-refractivity contribution is -0.111. The number of amides is 1. The number of aryl methyl sites for hydroxylation is 1. The molecule has 0 aliphatic heterocycles. The van der Waals surface area contributed by atoms with Crippen LogP contribution in [0.5, 0.6) is 11.5 Å². The van der Waals surface area contributed by atoms with Gasteiger partial charge in [-0.05, 0) is 66.4 Å². The fraction of sp³-hybridized carbons (Fsp3) is 0.0345. The Morgan fingerprint density at radius 3 is 2.60 bits per heavy atom. The van der Waals surface area contributed by atoms with Crippen molar-refractivity contribution in [3.8, 4) is 27.8 Å². The fourth-order valence-corrected chi connectivity index (χ4v) is 4.36. The predicted octanol–water partition coefficient (Wildman–Crippen LogP) is 7.35. The van der Waals surface area contributed by atoms with E-state index in [2.05, 4.69) is 5.32 Å². The van der Waals surface area contributed by atoms with Gasteiger partial charge in [0.05, 0.1) is 16.3 Å². The molecule has 5 nitrogen and oxygen atoms in total. The summed E-state index contributed by atoms with van der Waals surface area (Å²) in [6.45, 7) is 2.01. The number of ether oxygens (including phenoxy) is 1. The van der Waals surface area contributed by atoms with Gasteiger partial charge in [-0.15, -0.1) is 11.3 Å². The Kier molecular flexibility index (Phi) is 6.55. The molecule has 0 bridgehead atoms. The Hall–Kier alpha value is -4.42. The maximum atomic E-state index is 12.8. The summed E-state index contributed by atoms with van der Waals surface area (Å²) in [4.78, 5) is 13.9. The number of hydrogen-bond acceptors (Lipinski definition) is 4. The van der Waals surface area contributed by atoms with E-state index in [0.717, 1.165) is 33.1 Å². The highest BCUT2D eigenvalue weighted by molar-refractivity contribution is 7.13. The predicted molar refractivity (Wildman–Crippen MR) is 142 cm³/mol. The summed E-state index contributed by atoms with van der Waals surface area (Å²) in [7, 11) is 0. The van der Waals surface area contributed by atoms with Gasteiger partial charge in [0.25, 0.3) is 0 Å². The Labute approximate surface area is 208 Å². The number of thiophene rings is 1. The zero-order chi connectivity index (χ0) is 24.0. The molecule has 0 saturated carbocycles. The topological polar surface area (TPSA) is 56.1 Å². The van der Waals surface area contributed by atoms with Crippen molar-refractivity contribution in [2.75, 3.05) is 5.32 Å². The number of aromatic nitrogens is 2. The normalized spacial score (nSPS) is 11.0. The Bertz CT molecular complexity index is 1470. The molecule has 5 rings (SSSR count). The molecule has 1 N–H and O–H groups in total. The highest BCUT2D eigenvalue weighted by atomic mass is 32.1. The van der Waals surface area contributed by atoms with Gasteiger partial charge in [0.2, 0.25) is 5.91 Å². The van der Waals surface area contributed by atoms with E-state index in [-0.39, 0.29) is 5.91 Å². The van der Waals surface area contributed by atoms with Crippen LogP contribution in [-0.2, 0) is 4.79 Å². The van der Waals surface area contributed by atoms with Gasteiger partial charge in [0.15, 0.2) is 5.75 Å². The summed E-state index contributed by atoms with van der Waals surface area (Å²) < 4.78 is 7.85. The van der Waals surface area contributed by atoms with Crippen LogP contribution in [0.25, 0.3) is 22.3 Å². The van der Waals surface area contributed by atoms with Crippen LogP contribution < -0.4 is 10.1 Å². The van der Waals surface area contributed by atoms with Crippen molar-refractivity contribution in [2.24, 2.45) is 0 Å². The number of hydrogen-bond donors (Lipinski definition) is 1. The molecule has 0 aliphatic carbocycles. The minimum Gasteiger partial charge on any atom is -0.455 e. The fourth-order valence-electron chi connectivity index (χ4n) is 3.63. The van der Waals surface area contributed by atoms with Gasteiger partial charge in [0, 0.05) is 17.8 Å². The number of para-hydroxylation sites is 3. The van der Waals surface area contributed by atoms with Crippen molar-refractivity contribution in [3.05, 3.63) is 120 Å². The molecule has 0 unspecified atom stereocenters. The molecule has 6 heteroatoms. The Balaban J connectivity index is 1.37. The van der Waals surface area contributed by atoms with Crippen molar-refractivity contribution in [2.45, 2.75) is 6.92 Å². The number of rotatable bonds is 7. The van der Waals surface area contributed by atoms with Crippen LogP contribution >= 0.6 is 11.3 Å². The molecule has 3 aromatic carbocycles. The lowest BCUT2D eigenvalue weighted by Gasteiger charge is -2.11. The monoisotopic (exact) mass is 477 g/mol. The lowest BCUT2D eigenvalue weighted by Crippen LogP contribution is -2.08. The van der Waals surface area contributed by atoms with Crippen LogP contribution in [0.1, 0.15) is 11.1 Å². The quantitative estimate of drug-likeness (QED) is 0.249. The SMILES string of the molecule is Cc1cccc(Oc2ccccc2NC(=O)C=Cc2cn(-c3ccccc3)nc2-c2cccs2)c1. The Morgan fingerprint density at radius 1 is 0.971 bits per heavy atom. The molecule has 0 spiro atoms. The maximum Gasteiger partial charge on any atom is 0.248 e. The van der Waals surface area contributed by atoms with Gasteiger partial charge in [-0.25, -0.2) is 4.68 Å². The number of nitrogens with zero attached hydrogens (tertiary/aromatic N) is 2. The first-order valence-electron chi connectivity index (χ1n) is 11.2. The van der Waals surface area contributed by atoms with Crippen molar-refractivity contribution < 1.29 is 9.53 Å². The van der Waals surface area contributed by atoms with Gasteiger partial charge in [-0.2, -0.15) is 5.10 Å². The smallest absolute Gasteiger partial charge is 0.248 e. The van der Waals surface area contributed by atoms with E-state index < -0.39 is 0 Å². The first-order valence-corrected chi connectivity index (χ1v) is 12.1. The molecule has 2 aromatic heterocycles. The van der Waals surface area contributed by atoms with Crippen LogP contribution in [0, 0.1) is 6.92 Å². The standard InChI is InChI=1S/C29H23N3O2S/c1-21-9-7-12-24(19-21)34-26-14-6-5-13-25(26)30-28(33)17-16-22-20-32(23-10-3-2-4-11-23)31-29(22)27-15-8-18-35-27/h2-20H,1H3,(H,30,33). The van der Waals surface area contributed by atoms with E-state index in [9.17, 15) is 4.79 Å². The molecule has 0 aliphatic rings. The molecular weight excluding hydrogens is 454 g/mol. The largest absolute Gasteiger partial charge is 0.455 e. The molecule has 172 valence electrons. The van der Waals surface area contributed by atoms with E-state index in [1.807, 2.05) is 114 Å². The van der Waals surface area contributed by atoms with Crippen LogP contribution in [0.4, 0.5) is 5.69 Å². The molecule has 5 aromatic rings.